The van der Waals surface area contributed by atoms with Crippen LogP contribution in [0.25, 0.3) is 22.2 Å². The number of ether oxygens (including phenoxy) is 1. The van der Waals surface area contributed by atoms with Crippen molar-refractivity contribution in [3.63, 3.8) is 0 Å². The molecule has 0 aliphatic carbocycles. The maximum atomic E-state index is 9.55. The van der Waals surface area contributed by atoms with Crippen LogP contribution in [0.5, 0.6) is 0 Å². The zero-order chi connectivity index (χ0) is 48.7. The number of aliphatic carboxylic acids is 8. The molecule has 4 aromatic heterocycles. The molecule has 65 heavy (non-hydrogen) atoms. The van der Waals surface area contributed by atoms with Gasteiger partial charge in [0.2, 0.25) is 5.95 Å². The fourth-order valence-electron chi connectivity index (χ4n) is 5.21. The lowest BCUT2D eigenvalue weighted by Crippen LogP contribution is -2.37. The number of aromatic amines is 1. The second-order valence-electron chi connectivity index (χ2n) is 12.7. The molecule has 1 saturated heterocycles. The van der Waals surface area contributed by atoms with Gasteiger partial charge in [0, 0.05) is 93.7 Å². The molecule has 5 rings (SSSR count). The molecule has 0 amide bonds. The summed E-state index contributed by atoms with van der Waals surface area (Å²) in [6, 6.07) is 5.93. The van der Waals surface area contributed by atoms with Gasteiger partial charge in [-0.05, 0) is 57.0 Å². The van der Waals surface area contributed by atoms with Gasteiger partial charge in [-0.1, -0.05) is 0 Å². The maximum absolute atomic E-state index is 9.55. The average Bonchev–Trinajstić information content (AvgIpc) is 3.83. The molecule has 350 valence electrons. The molecule has 0 bridgehead atoms. The van der Waals surface area contributed by atoms with E-state index in [0.717, 1.165) is 79.7 Å². The number of hydrogen-bond acceptors (Lipinski definition) is 15. The summed E-state index contributed by atoms with van der Waals surface area (Å²) >= 11 is 0. The number of piperidine rings is 1. The lowest BCUT2D eigenvalue weighted by Gasteiger charge is -2.31. The quantitative estimate of drug-likeness (QED) is 0.0503. The van der Waals surface area contributed by atoms with E-state index in [0.29, 0.717) is 61.1 Å². The van der Waals surface area contributed by atoms with Gasteiger partial charge in [-0.25, -0.2) is 53.3 Å². The van der Waals surface area contributed by atoms with Gasteiger partial charge in [-0.15, -0.1) is 0 Å². The SMILES string of the molecule is CCOCCn1c(CC2CCN(CCNc3nc4ccncc4[nH]3)CC2)nc2cccnc21.O=C(O)C=CC(=O)O.O=C(O)C=CC(=O)O.O=C(O)C=CC(=O)O.O=C(O)C=CC(=O)O. The van der Waals surface area contributed by atoms with Gasteiger partial charge in [-0.2, -0.15) is 0 Å². The number of H-pyrrole nitrogens is 1. The molecule has 0 unspecified atom stereocenters. The summed E-state index contributed by atoms with van der Waals surface area (Å²) in [5.41, 5.74) is 3.85. The van der Waals surface area contributed by atoms with E-state index in [2.05, 4.69) is 40.8 Å². The number of pyridine rings is 2. The number of hydrogen-bond donors (Lipinski definition) is 10. The normalized spacial score (nSPS) is 12.6. The molecular formula is C40H48N8O17. The molecule has 1 aliphatic heterocycles. The Morgan fingerprint density at radius 2 is 1.18 bits per heavy atom. The minimum Gasteiger partial charge on any atom is -0.478 e. The number of carbonyl (C=O) groups is 8. The summed E-state index contributed by atoms with van der Waals surface area (Å²) in [7, 11) is 0. The third-order valence-electron chi connectivity index (χ3n) is 7.90. The molecule has 0 atom stereocenters. The molecule has 0 aromatic carbocycles. The fraction of sp³-hybridized carbons (Fsp3) is 0.300. The minimum atomic E-state index is -1.26. The number of rotatable bonds is 18. The number of aromatic nitrogens is 6. The molecule has 10 N–H and O–H groups in total. The Labute approximate surface area is 368 Å². The van der Waals surface area contributed by atoms with Crippen molar-refractivity contribution < 1.29 is 83.9 Å². The van der Waals surface area contributed by atoms with Crippen molar-refractivity contribution in [1.82, 2.24) is 34.4 Å². The lowest BCUT2D eigenvalue weighted by molar-refractivity contribution is -0.134. The fourth-order valence-corrected chi connectivity index (χ4v) is 5.21. The number of nitrogens with one attached hydrogen (secondary N) is 2. The highest BCUT2D eigenvalue weighted by Gasteiger charge is 2.22. The Kier molecular flexibility index (Phi) is 25.8. The Morgan fingerprint density at radius 1 is 0.692 bits per heavy atom. The third kappa shape index (κ3) is 25.9. The van der Waals surface area contributed by atoms with Gasteiger partial charge in [0.15, 0.2) is 5.65 Å². The first-order chi connectivity index (χ1) is 30.8. The van der Waals surface area contributed by atoms with Crippen molar-refractivity contribution in [1.29, 1.82) is 0 Å². The number of anilines is 1. The smallest absolute Gasteiger partial charge is 0.328 e. The summed E-state index contributed by atoms with van der Waals surface area (Å²) in [5, 5.41) is 65.9. The number of carboxylic acid groups (broad SMARTS) is 8. The minimum absolute atomic E-state index is 0.558. The summed E-state index contributed by atoms with van der Waals surface area (Å²) in [6.45, 7) is 8.38. The van der Waals surface area contributed by atoms with Crippen LogP contribution in [0.4, 0.5) is 5.95 Å². The first-order valence-electron chi connectivity index (χ1n) is 19.0. The summed E-state index contributed by atoms with van der Waals surface area (Å²) < 4.78 is 7.86. The molecule has 0 saturated carbocycles. The summed E-state index contributed by atoms with van der Waals surface area (Å²) in [5.74, 6) is -7.45. The van der Waals surface area contributed by atoms with E-state index < -0.39 is 47.8 Å². The molecular weight excluding hydrogens is 864 g/mol. The van der Waals surface area contributed by atoms with Crippen molar-refractivity contribution in [2.75, 3.05) is 44.7 Å². The summed E-state index contributed by atoms with van der Waals surface area (Å²) in [4.78, 5) is 100. The largest absolute Gasteiger partial charge is 0.478 e. The number of carboxylic acids is 8. The van der Waals surface area contributed by atoms with Gasteiger partial charge >= 0.3 is 47.8 Å². The number of imidazole rings is 2. The Bertz CT molecular complexity index is 2090. The molecule has 4 aromatic rings. The first kappa shape index (κ1) is 54.7. The first-order valence-corrected chi connectivity index (χ1v) is 19.0. The highest BCUT2D eigenvalue weighted by molar-refractivity contribution is 5.91. The molecule has 1 fully saturated rings. The molecule has 0 radical (unpaired) electrons. The Balaban J connectivity index is 0.000000535. The van der Waals surface area contributed by atoms with Gasteiger partial charge in [0.25, 0.3) is 0 Å². The van der Waals surface area contributed by atoms with E-state index in [1.165, 1.54) is 12.8 Å². The van der Waals surface area contributed by atoms with E-state index in [1.807, 2.05) is 25.3 Å². The number of fused-ring (bicyclic) bond motifs is 2. The van der Waals surface area contributed by atoms with E-state index in [1.54, 1.807) is 12.4 Å². The van der Waals surface area contributed by atoms with Crippen molar-refractivity contribution in [3.05, 3.63) is 91.2 Å². The van der Waals surface area contributed by atoms with Gasteiger partial charge in [0.05, 0.1) is 23.8 Å². The van der Waals surface area contributed by atoms with Gasteiger partial charge < -0.3 is 65.4 Å². The Morgan fingerprint density at radius 3 is 1.63 bits per heavy atom. The zero-order valence-corrected chi connectivity index (χ0v) is 34.7. The highest BCUT2D eigenvalue weighted by Crippen LogP contribution is 2.24. The van der Waals surface area contributed by atoms with Crippen LogP contribution in [-0.2, 0) is 56.1 Å². The van der Waals surface area contributed by atoms with E-state index in [-0.39, 0.29) is 0 Å². The molecule has 0 spiro atoms. The monoisotopic (exact) mass is 912 g/mol. The zero-order valence-electron chi connectivity index (χ0n) is 34.7. The van der Waals surface area contributed by atoms with Gasteiger partial charge in [0.1, 0.15) is 11.3 Å². The lowest BCUT2D eigenvalue weighted by atomic mass is 9.93. The standard InChI is InChI=1S/C24H32N8O.4C4H4O4/c1-2-33-15-14-32-22(28-20-4-3-8-26-23(20)32)16-18-6-11-31(12-7-18)13-10-27-24-29-19-5-9-25-17-21(19)30-24;4*5-3(6)1-2-4(7)8/h3-5,8-9,17-18H,2,6-7,10-16H2,1H3,(H2,27,29,30);4*1-2H,(H,5,6)(H,7,8). The van der Waals surface area contributed by atoms with Crippen molar-refractivity contribution in [2.45, 2.75) is 32.7 Å². The van der Waals surface area contributed by atoms with Crippen molar-refractivity contribution >= 4 is 75.9 Å². The molecule has 25 heteroatoms. The van der Waals surface area contributed by atoms with E-state index in [4.69, 9.17) is 50.6 Å². The van der Waals surface area contributed by atoms with Crippen molar-refractivity contribution in [2.24, 2.45) is 5.92 Å². The van der Waals surface area contributed by atoms with Crippen LogP contribution in [0.3, 0.4) is 0 Å². The molecule has 5 heterocycles. The van der Waals surface area contributed by atoms with Crippen LogP contribution in [0.2, 0.25) is 0 Å². The van der Waals surface area contributed by atoms with Crippen LogP contribution in [0.1, 0.15) is 25.6 Å². The topological polar surface area (TPSA) is 395 Å². The summed E-state index contributed by atoms with van der Waals surface area (Å²) in [6.07, 6.45) is 13.3. The van der Waals surface area contributed by atoms with Crippen LogP contribution in [0.15, 0.2) is 85.4 Å². The van der Waals surface area contributed by atoms with Gasteiger partial charge in [-0.3, -0.25) is 4.98 Å². The molecule has 25 nitrogen and oxygen atoms in total. The number of nitrogens with zero attached hydrogens (tertiary/aromatic N) is 6. The Hall–Kier alpha value is -8.32. The average molecular weight is 913 g/mol. The molecule has 1 aliphatic rings. The van der Waals surface area contributed by atoms with Crippen LogP contribution < -0.4 is 5.32 Å². The second-order valence-corrected chi connectivity index (χ2v) is 12.7. The number of likely N-dealkylation sites (tertiary alicyclic amines) is 1. The van der Waals surface area contributed by atoms with E-state index >= 15 is 0 Å². The second kappa shape index (κ2) is 30.7. The van der Waals surface area contributed by atoms with Crippen LogP contribution >= 0.6 is 0 Å². The van der Waals surface area contributed by atoms with Crippen LogP contribution in [-0.4, -0.2) is 162 Å². The van der Waals surface area contributed by atoms with E-state index in [9.17, 15) is 38.4 Å². The maximum Gasteiger partial charge on any atom is 0.328 e. The predicted octanol–water partition coefficient (Wildman–Crippen LogP) is 1.95. The van der Waals surface area contributed by atoms with Crippen molar-refractivity contribution in [3.8, 4) is 0 Å². The third-order valence-corrected chi connectivity index (χ3v) is 7.90. The predicted molar refractivity (Wildman–Crippen MR) is 227 cm³/mol. The highest BCUT2D eigenvalue weighted by atomic mass is 16.5. The van der Waals surface area contributed by atoms with Crippen LogP contribution in [0, 0.1) is 5.92 Å².